The van der Waals surface area contributed by atoms with Gasteiger partial charge in [-0.15, -0.1) is 0 Å². The number of carbonyl (C=O) groups excluding carboxylic acids is 1. The van der Waals surface area contributed by atoms with Gasteiger partial charge in [0, 0.05) is 0 Å². The van der Waals surface area contributed by atoms with Crippen LogP contribution in [-0.2, 0) is 18.8 Å². The zero-order valence-electron chi connectivity index (χ0n) is 9.48. The molecule has 0 aromatic carbocycles. The quantitative estimate of drug-likeness (QED) is 0.631. The van der Waals surface area contributed by atoms with Crippen molar-refractivity contribution < 1.29 is 21.6 Å². The lowest BCUT2D eigenvalue weighted by atomic mass is 10.1. The van der Waals surface area contributed by atoms with Crippen molar-refractivity contribution in [2.45, 2.75) is 45.4 Å². The summed E-state index contributed by atoms with van der Waals surface area (Å²) in [7, 11) is -4.25. The largest absolute Gasteiger partial charge is 0.452 e. The van der Waals surface area contributed by atoms with Gasteiger partial charge in [-0.1, -0.05) is 39.0 Å². The van der Waals surface area contributed by atoms with Crippen molar-refractivity contribution in [3.63, 3.8) is 0 Å². The van der Waals surface area contributed by atoms with E-state index in [9.17, 15) is 13.2 Å². The molecule has 1 amide bonds. The van der Waals surface area contributed by atoms with Gasteiger partial charge in [-0.25, -0.2) is 8.98 Å². The Labute approximate surface area is 96.4 Å². The zero-order chi connectivity index (χ0) is 12.4. The molecule has 0 aliphatic rings. The van der Waals surface area contributed by atoms with Crippen LogP contribution in [0.4, 0.5) is 4.79 Å². The first kappa shape index (κ1) is 15.2. The standard InChI is InChI=1S/C9H19NO5S/c1-2-3-4-5-6-7-8-14-16(12,13)15-9(10)11/h2-8H2,1H3,(H2,10,11). The van der Waals surface area contributed by atoms with Crippen molar-refractivity contribution in [2.24, 2.45) is 5.73 Å². The van der Waals surface area contributed by atoms with Crippen molar-refractivity contribution in [1.82, 2.24) is 0 Å². The molecule has 7 heteroatoms. The Bertz CT molecular complexity index is 288. The van der Waals surface area contributed by atoms with Crippen molar-refractivity contribution >= 4 is 16.5 Å². The molecular weight excluding hydrogens is 234 g/mol. The van der Waals surface area contributed by atoms with Gasteiger partial charge in [-0.2, -0.15) is 8.42 Å². The summed E-state index contributed by atoms with van der Waals surface area (Å²) >= 11 is 0. The lowest BCUT2D eigenvalue weighted by Crippen LogP contribution is -2.20. The third kappa shape index (κ3) is 9.72. The second-order valence-corrected chi connectivity index (χ2v) is 4.62. The molecule has 6 nitrogen and oxygen atoms in total. The van der Waals surface area contributed by atoms with E-state index in [-0.39, 0.29) is 6.61 Å². The normalized spacial score (nSPS) is 11.3. The summed E-state index contributed by atoms with van der Waals surface area (Å²) in [5.74, 6) is 0. The highest BCUT2D eigenvalue weighted by Crippen LogP contribution is 2.06. The van der Waals surface area contributed by atoms with Gasteiger partial charge in [0.25, 0.3) is 0 Å². The Morgan fingerprint density at radius 2 is 1.69 bits per heavy atom. The highest BCUT2D eigenvalue weighted by molar-refractivity contribution is 7.82. The van der Waals surface area contributed by atoms with Gasteiger partial charge in [0.1, 0.15) is 0 Å². The molecule has 0 rings (SSSR count). The maximum absolute atomic E-state index is 10.8. The number of rotatable bonds is 9. The van der Waals surface area contributed by atoms with Gasteiger partial charge in [0.05, 0.1) is 6.61 Å². The molecule has 0 aromatic heterocycles. The van der Waals surface area contributed by atoms with Gasteiger partial charge in [0.2, 0.25) is 0 Å². The Hall–Kier alpha value is -0.820. The van der Waals surface area contributed by atoms with E-state index in [2.05, 4.69) is 21.0 Å². The molecule has 0 bridgehead atoms. The van der Waals surface area contributed by atoms with Gasteiger partial charge >= 0.3 is 16.5 Å². The van der Waals surface area contributed by atoms with Crippen LogP contribution in [0.5, 0.6) is 0 Å². The Balaban J connectivity index is 3.47. The summed E-state index contributed by atoms with van der Waals surface area (Å²) in [6.07, 6.45) is 4.66. The molecular formula is C9H19NO5S. The van der Waals surface area contributed by atoms with E-state index in [0.717, 1.165) is 25.7 Å². The van der Waals surface area contributed by atoms with Crippen LogP contribution < -0.4 is 5.73 Å². The van der Waals surface area contributed by atoms with Gasteiger partial charge in [0.15, 0.2) is 0 Å². The fourth-order valence-electron chi connectivity index (χ4n) is 1.17. The molecule has 2 N–H and O–H groups in total. The lowest BCUT2D eigenvalue weighted by molar-refractivity contribution is 0.193. The molecule has 0 heterocycles. The summed E-state index contributed by atoms with van der Waals surface area (Å²) < 4.78 is 29.8. The predicted molar refractivity (Wildman–Crippen MR) is 58.9 cm³/mol. The van der Waals surface area contributed by atoms with Crippen LogP contribution in [0.1, 0.15) is 45.4 Å². The second kappa shape index (κ2) is 8.35. The smallest absolute Gasteiger partial charge is 0.334 e. The molecule has 0 fully saturated rings. The number of hydrogen-bond acceptors (Lipinski definition) is 5. The van der Waals surface area contributed by atoms with E-state index >= 15 is 0 Å². The Morgan fingerprint density at radius 1 is 1.12 bits per heavy atom. The van der Waals surface area contributed by atoms with E-state index in [1.165, 1.54) is 6.42 Å². The highest BCUT2D eigenvalue weighted by atomic mass is 32.3. The fourth-order valence-corrected chi connectivity index (χ4v) is 1.74. The average molecular weight is 253 g/mol. The maximum Gasteiger partial charge on any atom is 0.452 e. The van der Waals surface area contributed by atoms with Gasteiger partial charge in [-0.05, 0) is 6.42 Å². The summed E-state index contributed by atoms with van der Waals surface area (Å²) in [4.78, 5) is 10.2. The first-order chi connectivity index (χ1) is 7.48. The minimum absolute atomic E-state index is 0.0156. The molecule has 0 unspecified atom stereocenters. The Morgan fingerprint density at radius 3 is 2.25 bits per heavy atom. The first-order valence-corrected chi connectivity index (χ1v) is 6.69. The molecule has 0 atom stereocenters. The van der Waals surface area contributed by atoms with Crippen LogP contribution in [-0.4, -0.2) is 21.1 Å². The molecule has 96 valence electrons. The molecule has 0 aromatic rings. The van der Waals surface area contributed by atoms with Crippen LogP contribution in [0.2, 0.25) is 0 Å². The van der Waals surface area contributed by atoms with Gasteiger partial charge < -0.3 is 9.92 Å². The maximum atomic E-state index is 10.8. The minimum Gasteiger partial charge on any atom is -0.334 e. The van der Waals surface area contributed by atoms with E-state index in [1.807, 2.05) is 0 Å². The van der Waals surface area contributed by atoms with Crippen LogP contribution in [0.15, 0.2) is 0 Å². The molecule has 16 heavy (non-hydrogen) atoms. The topological polar surface area (TPSA) is 95.7 Å². The van der Waals surface area contributed by atoms with Crippen molar-refractivity contribution in [3.05, 3.63) is 0 Å². The number of unbranched alkanes of at least 4 members (excludes halogenated alkanes) is 5. The molecule has 0 saturated carbocycles. The summed E-state index contributed by atoms with van der Waals surface area (Å²) in [5, 5.41) is 0. The summed E-state index contributed by atoms with van der Waals surface area (Å²) in [5.41, 5.74) is 4.54. The minimum atomic E-state index is -4.25. The van der Waals surface area contributed by atoms with Crippen LogP contribution in [0.25, 0.3) is 0 Å². The monoisotopic (exact) mass is 253 g/mol. The fraction of sp³-hybridized carbons (Fsp3) is 0.889. The van der Waals surface area contributed by atoms with Crippen LogP contribution in [0, 0.1) is 0 Å². The molecule has 0 aliphatic carbocycles. The van der Waals surface area contributed by atoms with Crippen LogP contribution >= 0.6 is 0 Å². The molecule has 0 radical (unpaired) electrons. The number of primary amides is 1. The van der Waals surface area contributed by atoms with Gasteiger partial charge in [-0.3, -0.25) is 0 Å². The Kier molecular flexibility index (Phi) is 7.92. The molecule has 0 aliphatic heterocycles. The summed E-state index contributed by atoms with van der Waals surface area (Å²) in [6.45, 7) is 2.14. The number of carbonyl (C=O) groups is 1. The number of amides is 1. The van der Waals surface area contributed by atoms with Crippen molar-refractivity contribution in [2.75, 3.05) is 6.61 Å². The third-order valence-corrected chi connectivity index (χ3v) is 2.73. The first-order valence-electron chi connectivity index (χ1n) is 5.36. The van der Waals surface area contributed by atoms with E-state index in [0.29, 0.717) is 6.42 Å². The van der Waals surface area contributed by atoms with E-state index in [4.69, 9.17) is 0 Å². The SMILES string of the molecule is CCCCCCCCOS(=O)(=O)OC(N)=O. The van der Waals surface area contributed by atoms with Crippen molar-refractivity contribution in [1.29, 1.82) is 0 Å². The van der Waals surface area contributed by atoms with E-state index < -0.39 is 16.5 Å². The second-order valence-electron chi connectivity index (χ2n) is 3.40. The highest BCUT2D eigenvalue weighted by Gasteiger charge is 2.14. The van der Waals surface area contributed by atoms with Crippen LogP contribution in [0.3, 0.4) is 0 Å². The summed E-state index contributed by atoms with van der Waals surface area (Å²) in [6, 6.07) is 0. The lowest BCUT2D eigenvalue weighted by Gasteiger charge is -2.03. The molecule has 0 spiro atoms. The number of hydrogen-bond donors (Lipinski definition) is 1. The van der Waals surface area contributed by atoms with Crippen molar-refractivity contribution in [3.8, 4) is 0 Å². The van der Waals surface area contributed by atoms with E-state index in [1.54, 1.807) is 0 Å². The third-order valence-electron chi connectivity index (χ3n) is 1.91. The average Bonchev–Trinajstić information content (AvgIpc) is 2.14. The predicted octanol–water partition coefficient (Wildman–Crippen LogP) is 1.70. The molecule has 0 saturated heterocycles. The zero-order valence-corrected chi connectivity index (χ0v) is 10.3. The number of nitrogens with two attached hydrogens (primary N) is 1.